The Bertz CT molecular complexity index is 1520. The van der Waals surface area contributed by atoms with Gasteiger partial charge in [-0.05, 0) is 77.4 Å². The lowest BCUT2D eigenvalue weighted by molar-refractivity contribution is -0.133. The van der Waals surface area contributed by atoms with Crippen LogP contribution in [-0.2, 0) is 14.4 Å². The van der Waals surface area contributed by atoms with Crippen LogP contribution in [0.5, 0.6) is 0 Å². The highest BCUT2D eigenvalue weighted by atomic mass is 32.2. The maximum atomic E-state index is 12.5. The molecule has 8 nitrogen and oxygen atoms in total. The number of hydrogen-bond acceptors (Lipinski definition) is 7. The molecule has 0 radical (unpaired) electrons. The van der Waals surface area contributed by atoms with E-state index in [0.29, 0.717) is 23.6 Å². The number of nitrogens with one attached hydrogen (secondary N) is 1. The van der Waals surface area contributed by atoms with Crippen molar-refractivity contribution >= 4 is 57.3 Å². The van der Waals surface area contributed by atoms with Crippen LogP contribution < -0.4 is 10.2 Å². The first-order chi connectivity index (χ1) is 18.8. The van der Waals surface area contributed by atoms with Gasteiger partial charge in [-0.2, -0.15) is 0 Å². The lowest BCUT2D eigenvalue weighted by atomic mass is 9.99. The van der Waals surface area contributed by atoms with Gasteiger partial charge in [-0.25, -0.2) is 0 Å². The summed E-state index contributed by atoms with van der Waals surface area (Å²) in [7, 11) is 0. The predicted molar refractivity (Wildman–Crippen MR) is 154 cm³/mol. The number of pyridine rings is 1. The zero-order valence-corrected chi connectivity index (χ0v) is 22.4. The summed E-state index contributed by atoms with van der Waals surface area (Å²) < 4.78 is 0. The summed E-state index contributed by atoms with van der Waals surface area (Å²) in [6.45, 7) is 8.01. The van der Waals surface area contributed by atoms with E-state index < -0.39 is 0 Å². The normalized spacial score (nSPS) is 16.6. The molecule has 1 aromatic heterocycles. The van der Waals surface area contributed by atoms with Crippen LogP contribution in [-0.4, -0.2) is 58.9 Å². The van der Waals surface area contributed by atoms with E-state index in [1.165, 1.54) is 0 Å². The summed E-state index contributed by atoms with van der Waals surface area (Å²) in [6, 6.07) is 16.1. The number of piperazine rings is 1. The van der Waals surface area contributed by atoms with Gasteiger partial charge < -0.3 is 9.80 Å². The van der Waals surface area contributed by atoms with Crippen LogP contribution in [0.2, 0.25) is 0 Å². The summed E-state index contributed by atoms with van der Waals surface area (Å²) in [5.74, 6) is -0.429. The molecular weight excluding hydrogens is 512 g/mol. The number of rotatable bonds is 7. The number of imide groups is 1. The van der Waals surface area contributed by atoms with E-state index in [0.717, 1.165) is 58.1 Å². The van der Waals surface area contributed by atoms with Crippen LogP contribution in [0.25, 0.3) is 28.1 Å². The first-order valence-electron chi connectivity index (χ1n) is 12.7. The summed E-state index contributed by atoms with van der Waals surface area (Å²) in [5.41, 5.74) is 5.28. The van der Waals surface area contributed by atoms with Crippen molar-refractivity contribution in [2.24, 2.45) is 0 Å². The lowest BCUT2D eigenvalue weighted by Gasteiger charge is -2.36. The van der Waals surface area contributed by atoms with Crippen LogP contribution in [0.1, 0.15) is 25.3 Å². The molecule has 2 aliphatic heterocycles. The van der Waals surface area contributed by atoms with Crippen LogP contribution in [0.3, 0.4) is 0 Å². The Morgan fingerprint density at radius 1 is 1.03 bits per heavy atom. The van der Waals surface area contributed by atoms with Crippen molar-refractivity contribution in [2.75, 3.05) is 31.1 Å². The molecule has 0 atom stereocenters. The number of hydrogen-bond donors (Lipinski definition) is 1. The van der Waals surface area contributed by atoms with Gasteiger partial charge in [0.25, 0.3) is 11.1 Å². The minimum absolute atomic E-state index is 0.0120. The Labute approximate surface area is 230 Å². The molecular formula is C30H28N4O4S. The number of carbonyl (C=O) groups is 4. The van der Waals surface area contributed by atoms with Gasteiger partial charge in [0.15, 0.2) is 5.78 Å². The Morgan fingerprint density at radius 2 is 1.77 bits per heavy atom. The fourth-order valence-corrected chi connectivity index (χ4v) is 5.42. The zero-order valence-electron chi connectivity index (χ0n) is 21.6. The molecule has 0 spiro atoms. The van der Waals surface area contributed by atoms with E-state index in [2.05, 4.69) is 46.0 Å². The molecule has 0 aliphatic carbocycles. The molecule has 3 amide bonds. The molecule has 2 aromatic carbocycles. The summed E-state index contributed by atoms with van der Waals surface area (Å²) in [6.07, 6.45) is 3.94. The number of fused-ring (bicyclic) bond motifs is 1. The quantitative estimate of drug-likeness (QED) is 0.430. The molecule has 3 heterocycles. The van der Waals surface area contributed by atoms with Gasteiger partial charge in [0.05, 0.1) is 10.4 Å². The minimum atomic E-state index is -0.379. The van der Waals surface area contributed by atoms with E-state index in [-0.39, 0.29) is 35.7 Å². The van der Waals surface area contributed by atoms with Gasteiger partial charge in [0, 0.05) is 56.3 Å². The van der Waals surface area contributed by atoms with Crippen molar-refractivity contribution in [3.63, 3.8) is 0 Å². The second kappa shape index (κ2) is 11.2. The fraction of sp³-hybridized carbons (Fsp3) is 0.233. The van der Waals surface area contributed by atoms with E-state index in [1.807, 2.05) is 29.2 Å². The molecule has 0 unspecified atom stereocenters. The van der Waals surface area contributed by atoms with Gasteiger partial charge in [0.2, 0.25) is 5.91 Å². The van der Waals surface area contributed by atoms with Gasteiger partial charge in [-0.15, -0.1) is 0 Å². The molecule has 2 aliphatic rings. The third kappa shape index (κ3) is 5.93. The van der Waals surface area contributed by atoms with Crippen molar-refractivity contribution in [1.82, 2.24) is 15.2 Å². The Hall–Kier alpha value is -4.24. The van der Waals surface area contributed by atoms with Gasteiger partial charge in [-0.1, -0.05) is 24.8 Å². The average Bonchev–Trinajstić information content (AvgIpc) is 3.27. The summed E-state index contributed by atoms with van der Waals surface area (Å²) in [5, 5.41) is 2.87. The molecule has 2 fully saturated rings. The number of anilines is 1. The van der Waals surface area contributed by atoms with Crippen molar-refractivity contribution < 1.29 is 19.2 Å². The first-order valence-corrected chi connectivity index (χ1v) is 13.6. The highest BCUT2D eigenvalue weighted by Gasteiger charge is 2.25. The minimum Gasteiger partial charge on any atom is -0.368 e. The number of allylic oxidation sites excluding steroid dienone is 1. The monoisotopic (exact) mass is 540 g/mol. The largest absolute Gasteiger partial charge is 0.368 e. The maximum absolute atomic E-state index is 12.5. The van der Waals surface area contributed by atoms with Gasteiger partial charge in [-0.3, -0.25) is 29.5 Å². The highest BCUT2D eigenvalue weighted by Crippen LogP contribution is 2.32. The third-order valence-electron chi connectivity index (χ3n) is 6.92. The van der Waals surface area contributed by atoms with Crippen molar-refractivity contribution in [3.05, 3.63) is 77.3 Å². The number of aromatic nitrogens is 1. The zero-order chi connectivity index (χ0) is 27.5. The van der Waals surface area contributed by atoms with Crippen molar-refractivity contribution in [2.45, 2.75) is 19.8 Å². The van der Waals surface area contributed by atoms with Crippen LogP contribution >= 0.6 is 11.8 Å². The molecule has 3 aromatic rings. The molecule has 0 saturated carbocycles. The molecule has 198 valence electrons. The molecule has 0 bridgehead atoms. The topological polar surface area (TPSA) is 99.7 Å². The number of amides is 3. The molecule has 1 N–H and O–H groups in total. The van der Waals surface area contributed by atoms with Crippen LogP contribution in [0.15, 0.2) is 71.8 Å². The van der Waals surface area contributed by atoms with Gasteiger partial charge in [0.1, 0.15) is 0 Å². The fourth-order valence-electron chi connectivity index (χ4n) is 4.74. The SMILES string of the molecule is C=C(C)C(=O)CCC(=O)N1CCN(c2ccc(-c3ccnc4ccc(/C=C5\SC(=O)NC5=O)cc34)cc2)CC1. The van der Waals surface area contributed by atoms with E-state index in [9.17, 15) is 19.2 Å². The Balaban J connectivity index is 1.28. The smallest absolute Gasteiger partial charge is 0.290 e. The second-order valence-corrected chi connectivity index (χ2v) is 10.6. The van der Waals surface area contributed by atoms with E-state index in [1.54, 1.807) is 19.2 Å². The van der Waals surface area contributed by atoms with E-state index >= 15 is 0 Å². The molecule has 39 heavy (non-hydrogen) atoms. The van der Waals surface area contributed by atoms with Crippen molar-refractivity contribution in [3.8, 4) is 11.1 Å². The first kappa shape index (κ1) is 26.4. The number of thioether (sulfide) groups is 1. The third-order valence-corrected chi connectivity index (χ3v) is 7.73. The molecule has 5 rings (SSSR count). The standard InChI is InChI=1S/C30H28N4O4S/c1-19(2)26(35)9-10-28(36)34-15-13-33(14-16-34)22-6-4-21(5-7-22)23-11-12-31-25-8-3-20(17-24(23)25)18-27-29(37)32-30(38)39-27/h3-8,11-12,17-18H,1,9-10,13-16H2,2H3,(H,32,37,38)/b27-18-. The highest BCUT2D eigenvalue weighted by molar-refractivity contribution is 8.18. The van der Waals surface area contributed by atoms with Crippen LogP contribution in [0, 0.1) is 0 Å². The summed E-state index contributed by atoms with van der Waals surface area (Å²) in [4.78, 5) is 56.7. The maximum Gasteiger partial charge on any atom is 0.290 e. The molecule has 9 heteroatoms. The number of benzene rings is 2. The Kier molecular flexibility index (Phi) is 7.60. The molecule has 2 saturated heterocycles. The van der Waals surface area contributed by atoms with Crippen LogP contribution in [0.4, 0.5) is 10.5 Å². The number of carbonyl (C=O) groups excluding carboxylic acids is 4. The number of ketones is 1. The van der Waals surface area contributed by atoms with Gasteiger partial charge >= 0.3 is 0 Å². The second-order valence-electron chi connectivity index (χ2n) is 9.61. The average molecular weight is 541 g/mol. The van der Waals surface area contributed by atoms with E-state index in [4.69, 9.17) is 0 Å². The Morgan fingerprint density at radius 3 is 2.44 bits per heavy atom. The predicted octanol–water partition coefficient (Wildman–Crippen LogP) is 4.80. The van der Waals surface area contributed by atoms with Crippen molar-refractivity contribution in [1.29, 1.82) is 0 Å². The summed E-state index contributed by atoms with van der Waals surface area (Å²) >= 11 is 0.898. The number of Topliss-reactive ketones (excluding diaryl/α,β-unsaturated/α-hetero) is 1. The number of nitrogens with zero attached hydrogens (tertiary/aromatic N) is 3. The lowest BCUT2D eigenvalue weighted by Crippen LogP contribution is -2.48.